The van der Waals surface area contributed by atoms with Gasteiger partial charge in [-0.25, -0.2) is 0 Å². The average Bonchev–Trinajstić information content (AvgIpc) is 2.30. The topological polar surface area (TPSA) is 38.3 Å². The normalized spacial score (nSPS) is 12.5. The predicted molar refractivity (Wildman–Crippen MR) is 68.5 cm³/mol. The Morgan fingerprint density at radius 3 is 2.47 bits per heavy atom. The van der Waals surface area contributed by atoms with Gasteiger partial charge in [0.15, 0.2) is 0 Å². The summed E-state index contributed by atoms with van der Waals surface area (Å²) in [7, 11) is 0. The van der Waals surface area contributed by atoms with Crippen molar-refractivity contribution in [3.05, 3.63) is 35.9 Å². The van der Waals surface area contributed by atoms with Gasteiger partial charge < -0.3 is 10.1 Å². The smallest absolute Gasteiger partial charge is 0.246 e. The number of hydrogen-bond donors (Lipinski definition) is 1. The molecule has 1 rings (SSSR count). The molecular weight excluding hydrogens is 214 g/mol. The number of benzene rings is 1. The first-order valence-electron chi connectivity index (χ1n) is 6.00. The summed E-state index contributed by atoms with van der Waals surface area (Å²) in [5, 5.41) is 2.90. The molecule has 0 saturated heterocycles. The van der Waals surface area contributed by atoms with Crippen molar-refractivity contribution in [3.8, 4) is 0 Å². The lowest BCUT2D eigenvalue weighted by Crippen LogP contribution is -2.38. The van der Waals surface area contributed by atoms with Gasteiger partial charge in [-0.15, -0.1) is 0 Å². The van der Waals surface area contributed by atoms with Crippen molar-refractivity contribution >= 4 is 5.91 Å². The minimum atomic E-state index is -0.0536. The highest BCUT2D eigenvalue weighted by molar-refractivity contribution is 5.77. The Morgan fingerprint density at radius 1 is 1.24 bits per heavy atom. The fraction of sp³-hybridized carbons (Fsp3) is 0.500. The van der Waals surface area contributed by atoms with E-state index in [2.05, 4.69) is 19.2 Å². The third-order valence-corrected chi connectivity index (χ3v) is 2.73. The predicted octanol–water partition coefficient (Wildman–Crippen LogP) is 2.36. The molecule has 1 atom stereocenters. The molecule has 1 aromatic rings. The number of carbonyl (C=O) groups excluding carboxylic acids is 1. The molecule has 94 valence electrons. The lowest BCUT2D eigenvalue weighted by molar-refractivity contribution is -0.127. The van der Waals surface area contributed by atoms with Gasteiger partial charge in [-0.2, -0.15) is 0 Å². The summed E-state index contributed by atoms with van der Waals surface area (Å²) in [5.74, 6) is 0.384. The van der Waals surface area contributed by atoms with E-state index in [4.69, 9.17) is 4.74 Å². The third kappa shape index (κ3) is 5.50. The van der Waals surface area contributed by atoms with E-state index < -0.39 is 0 Å². The van der Waals surface area contributed by atoms with Crippen molar-refractivity contribution in [1.82, 2.24) is 5.32 Å². The van der Waals surface area contributed by atoms with Crippen LogP contribution in [0.5, 0.6) is 0 Å². The number of carbonyl (C=O) groups is 1. The Balaban J connectivity index is 2.21. The summed E-state index contributed by atoms with van der Waals surface area (Å²) in [4.78, 5) is 11.5. The van der Waals surface area contributed by atoms with Crippen molar-refractivity contribution in [2.75, 3.05) is 6.61 Å². The minimum Gasteiger partial charge on any atom is -0.367 e. The third-order valence-electron chi connectivity index (χ3n) is 2.73. The van der Waals surface area contributed by atoms with E-state index in [1.807, 2.05) is 37.3 Å². The van der Waals surface area contributed by atoms with Crippen LogP contribution in [0.1, 0.15) is 26.3 Å². The second-order valence-electron chi connectivity index (χ2n) is 4.58. The molecule has 1 amide bonds. The van der Waals surface area contributed by atoms with Crippen molar-refractivity contribution in [2.45, 2.75) is 33.4 Å². The Morgan fingerprint density at radius 2 is 1.88 bits per heavy atom. The number of amides is 1. The number of nitrogens with one attached hydrogen (secondary N) is 1. The molecule has 3 heteroatoms. The van der Waals surface area contributed by atoms with Gasteiger partial charge in [-0.3, -0.25) is 4.79 Å². The molecule has 0 aliphatic heterocycles. The summed E-state index contributed by atoms with van der Waals surface area (Å²) < 4.78 is 5.35. The van der Waals surface area contributed by atoms with E-state index >= 15 is 0 Å². The fourth-order valence-corrected chi connectivity index (χ4v) is 1.30. The highest BCUT2D eigenvalue weighted by Crippen LogP contribution is 2.01. The van der Waals surface area contributed by atoms with E-state index in [1.54, 1.807) is 0 Å². The summed E-state index contributed by atoms with van der Waals surface area (Å²) >= 11 is 0. The molecule has 0 heterocycles. The van der Waals surface area contributed by atoms with E-state index in [-0.39, 0.29) is 18.6 Å². The van der Waals surface area contributed by atoms with E-state index in [1.165, 1.54) is 0 Å². The molecule has 1 N–H and O–H groups in total. The quantitative estimate of drug-likeness (QED) is 0.822. The Labute approximate surface area is 103 Å². The van der Waals surface area contributed by atoms with Gasteiger partial charge in [0.25, 0.3) is 0 Å². The lowest BCUT2D eigenvalue weighted by atomic mass is 10.1. The number of rotatable bonds is 6. The van der Waals surface area contributed by atoms with Gasteiger partial charge in [0.05, 0.1) is 6.61 Å². The second kappa shape index (κ2) is 7.07. The van der Waals surface area contributed by atoms with Gasteiger partial charge >= 0.3 is 0 Å². The zero-order valence-corrected chi connectivity index (χ0v) is 10.8. The van der Waals surface area contributed by atoms with Gasteiger partial charge in [0.2, 0.25) is 5.91 Å². The molecule has 0 aromatic heterocycles. The van der Waals surface area contributed by atoms with Gasteiger partial charge in [-0.1, -0.05) is 44.2 Å². The number of hydrogen-bond acceptors (Lipinski definition) is 2. The van der Waals surface area contributed by atoms with Crippen molar-refractivity contribution in [1.29, 1.82) is 0 Å². The van der Waals surface area contributed by atoms with Crippen LogP contribution in [0.4, 0.5) is 0 Å². The molecule has 0 fully saturated rings. The van der Waals surface area contributed by atoms with Crippen LogP contribution >= 0.6 is 0 Å². The monoisotopic (exact) mass is 235 g/mol. The Bertz CT molecular complexity index is 335. The van der Waals surface area contributed by atoms with Gasteiger partial charge in [-0.05, 0) is 18.4 Å². The van der Waals surface area contributed by atoms with E-state index in [0.717, 1.165) is 5.56 Å². The lowest BCUT2D eigenvalue weighted by Gasteiger charge is -2.17. The van der Waals surface area contributed by atoms with Crippen LogP contribution in [0, 0.1) is 5.92 Å². The maximum atomic E-state index is 11.5. The molecule has 0 spiro atoms. The maximum absolute atomic E-state index is 11.5. The molecule has 0 radical (unpaired) electrons. The summed E-state index contributed by atoms with van der Waals surface area (Å²) in [6.07, 6.45) is 0. The summed E-state index contributed by atoms with van der Waals surface area (Å²) in [6, 6.07) is 10.0. The van der Waals surface area contributed by atoms with Crippen LogP contribution in [0.2, 0.25) is 0 Å². The maximum Gasteiger partial charge on any atom is 0.246 e. The summed E-state index contributed by atoms with van der Waals surface area (Å²) in [5.41, 5.74) is 1.08. The molecule has 17 heavy (non-hydrogen) atoms. The standard InChI is InChI=1S/C14H21NO2/c1-11(2)12(3)15-14(16)10-17-9-13-7-5-4-6-8-13/h4-8,11-12H,9-10H2,1-3H3,(H,15,16). The summed E-state index contributed by atoms with van der Waals surface area (Å²) in [6.45, 7) is 6.75. The second-order valence-corrected chi connectivity index (χ2v) is 4.58. The largest absolute Gasteiger partial charge is 0.367 e. The highest BCUT2D eigenvalue weighted by Gasteiger charge is 2.10. The molecule has 3 nitrogen and oxygen atoms in total. The zero-order valence-electron chi connectivity index (χ0n) is 10.8. The average molecular weight is 235 g/mol. The Hall–Kier alpha value is -1.35. The van der Waals surface area contributed by atoms with E-state index in [9.17, 15) is 4.79 Å². The Kier molecular flexibility index (Phi) is 5.70. The fourth-order valence-electron chi connectivity index (χ4n) is 1.30. The van der Waals surface area contributed by atoms with Crippen LogP contribution in [0.3, 0.4) is 0 Å². The first-order valence-corrected chi connectivity index (χ1v) is 6.00. The first-order chi connectivity index (χ1) is 8.09. The van der Waals surface area contributed by atoms with E-state index in [0.29, 0.717) is 12.5 Å². The number of ether oxygens (including phenoxy) is 1. The molecular formula is C14H21NO2. The zero-order chi connectivity index (χ0) is 12.7. The van der Waals surface area contributed by atoms with Gasteiger partial charge in [0, 0.05) is 6.04 Å². The van der Waals surface area contributed by atoms with Crippen molar-refractivity contribution in [3.63, 3.8) is 0 Å². The van der Waals surface area contributed by atoms with Crippen molar-refractivity contribution in [2.24, 2.45) is 5.92 Å². The minimum absolute atomic E-state index is 0.0536. The molecule has 0 bridgehead atoms. The van der Waals surface area contributed by atoms with Crippen LogP contribution in [0.25, 0.3) is 0 Å². The highest BCUT2D eigenvalue weighted by atomic mass is 16.5. The molecule has 0 aliphatic rings. The SMILES string of the molecule is CC(C)C(C)NC(=O)COCc1ccccc1. The molecule has 0 aliphatic carbocycles. The van der Waals surface area contributed by atoms with Crippen molar-refractivity contribution < 1.29 is 9.53 Å². The van der Waals surface area contributed by atoms with Crippen LogP contribution in [0.15, 0.2) is 30.3 Å². The van der Waals surface area contributed by atoms with Crippen LogP contribution in [-0.4, -0.2) is 18.6 Å². The molecule has 0 saturated carbocycles. The van der Waals surface area contributed by atoms with Crippen LogP contribution in [-0.2, 0) is 16.1 Å². The van der Waals surface area contributed by atoms with Crippen LogP contribution < -0.4 is 5.32 Å². The van der Waals surface area contributed by atoms with Gasteiger partial charge in [0.1, 0.15) is 6.61 Å². The first kappa shape index (κ1) is 13.7. The molecule has 1 unspecified atom stereocenters. The molecule has 1 aromatic carbocycles.